The van der Waals surface area contributed by atoms with E-state index in [0.717, 1.165) is 9.87 Å². The smallest absolute Gasteiger partial charge is 0.264 e. The first-order valence-corrected chi connectivity index (χ1v) is 10.2. The molecule has 1 amide bonds. The number of para-hydroxylation sites is 1. The van der Waals surface area contributed by atoms with Crippen molar-refractivity contribution >= 4 is 33.2 Å². The fourth-order valence-electron chi connectivity index (χ4n) is 2.53. The van der Waals surface area contributed by atoms with E-state index in [0.29, 0.717) is 6.61 Å². The highest BCUT2D eigenvalue weighted by atomic mass is 35.5. The van der Waals surface area contributed by atoms with Crippen molar-refractivity contribution in [1.29, 1.82) is 0 Å². The van der Waals surface area contributed by atoms with Gasteiger partial charge in [0.25, 0.3) is 10.0 Å². The molecule has 0 fully saturated rings. The summed E-state index contributed by atoms with van der Waals surface area (Å²) in [6, 6.07) is 12.7. The second-order valence-corrected chi connectivity index (χ2v) is 8.47. The van der Waals surface area contributed by atoms with Crippen LogP contribution >= 0.6 is 11.6 Å². The number of ether oxygens (including phenoxy) is 1. The molecule has 0 spiro atoms. The first kappa shape index (κ1) is 21.2. The largest absolute Gasteiger partial charge is 0.383 e. The molecule has 1 N–H and O–H groups in total. The van der Waals surface area contributed by atoms with Gasteiger partial charge >= 0.3 is 0 Å². The monoisotopic (exact) mass is 410 g/mol. The summed E-state index contributed by atoms with van der Waals surface area (Å²) in [5.74, 6) is -0.449. The number of hydrogen-bond donors (Lipinski definition) is 1. The number of hydrogen-bond acceptors (Lipinski definition) is 4. The molecule has 0 heterocycles. The molecule has 0 aliphatic carbocycles. The minimum atomic E-state index is -3.98. The Balaban J connectivity index is 2.40. The summed E-state index contributed by atoms with van der Waals surface area (Å²) in [4.78, 5) is 12.5. The summed E-state index contributed by atoms with van der Waals surface area (Å²) in [7, 11) is -2.45. The van der Waals surface area contributed by atoms with Gasteiger partial charge in [0.1, 0.15) is 6.54 Å². The van der Waals surface area contributed by atoms with Crippen molar-refractivity contribution in [3.05, 3.63) is 59.1 Å². The van der Waals surface area contributed by atoms with E-state index in [1.165, 1.54) is 19.2 Å². The van der Waals surface area contributed by atoms with Crippen LogP contribution in [0.3, 0.4) is 0 Å². The molecular formula is C19H23ClN2O4S. The Hall–Kier alpha value is -2.09. The van der Waals surface area contributed by atoms with Crippen molar-refractivity contribution in [1.82, 2.24) is 5.32 Å². The van der Waals surface area contributed by atoms with Crippen LogP contribution in [-0.4, -0.2) is 40.6 Å². The van der Waals surface area contributed by atoms with Gasteiger partial charge in [-0.3, -0.25) is 9.10 Å². The fraction of sp³-hybridized carbons (Fsp3) is 0.316. The third-order valence-corrected chi connectivity index (χ3v) is 5.93. The number of carbonyl (C=O) groups is 1. The first-order valence-electron chi connectivity index (χ1n) is 8.38. The SMILES string of the molecule is COC[C@H](C)NC(=O)CN(c1ccccc1Cl)S(=O)(=O)c1ccc(C)cc1. The maximum atomic E-state index is 13.2. The number of benzene rings is 2. The van der Waals surface area contributed by atoms with Gasteiger partial charge in [-0.25, -0.2) is 8.42 Å². The molecule has 0 bridgehead atoms. The molecule has 0 aromatic heterocycles. The molecule has 0 aliphatic heterocycles. The lowest BCUT2D eigenvalue weighted by Gasteiger charge is -2.25. The van der Waals surface area contributed by atoms with Crippen LogP contribution in [0.25, 0.3) is 0 Å². The van der Waals surface area contributed by atoms with Crippen molar-refractivity contribution in [3.8, 4) is 0 Å². The number of aryl methyl sites for hydroxylation is 1. The Bertz CT molecular complexity index is 885. The minimum absolute atomic E-state index is 0.0887. The zero-order chi connectivity index (χ0) is 20.0. The molecule has 146 valence electrons. The molecule has 0 aliphatic rings. The van der Waals surface area contributed by atoms with Crippen molar-refractivity contribution < 1.29 is 17.9 Å². The summed E-state index contributed by atoms with van der Waals surface area (Å²) in [6.45, 7) is 3.57. The molecule has 27 heavy (non-hydrogen) atoms. The molecule has 0 saturated heterocycles. The van der Waals surface area contributed by atoms with Gasteiger partial charge in [0, 0.05) is 13.2 Å². The average molecular weight is 411 g/mol. The zero-order valence-electron chi connectivity index (χ0n) is 15.5. The number of carbonyl (C=O) groups excluding carboxylic acids is 1. The van der Waals surface area contributed by atoms with Gasteiger partial charge in [0.05, 0.1) is 22.2 Å². The predicted molar refractivity (Wildman–Crippen MR) is 107 cm³/mol. The number of nitrogens with one attached hydrogen (secondary N) is 1. The normalized spacial score (nSPS) is 12.4. The Morgan fingerprint density at radius 1 is 1.19 bits per heavy atom. The van der Waals surface area contributed by atoms with Crippen LogP contribution in [0.2, 0.25) is 5.02 Å². The summed E-state index contributed by atoms with van der Waals surface area (Å²) >= 11 is 6.22. The molecule has 8 heteroatoms. The van der Waals surface area contributed by atoms with E-state index < -0.39 is 22.5 Å². The van der Waals surface area contributed by atoms with E-state index in [4.69, 9.17) is 16.3 Å². The summed E-state index contributed by atoms with van der Waals surface area (Å²) < 4.78 is 32.4. The number of sulfonamides is 1. The molecule has 2 aromatic rings. The van der Waals surface area contributed by atoms with Crippen LogP contribution in [0.4, 0.5) is 5.69 Å². The highest BCUT2D eigenvalue weighted by molar-refractivity contribution is 7.92. The van der Waals surface area contributed by atoms with Crippen LogP contribution in [0.15, 0.2) is 53.4 Å². The van der Waals surface area contributed by atoms with Gasteiger partial charge in [-0.1, -0.05) is 41.4 Å². The van der Waals surface area contributed by atoms with Gasteiger partial charge in [-0.05, 0) is 38.1 Å². The van der Waals surface area contributed by atoms with Crippen LogP contribution < -0.4 is 9.62 Å². The highest BCUT2D eigenvalue weighted by Gasteiger charge is 2.28. The number of anilines is 1. The van der Waals surface area contributed by atoms with E-state index in [1.807, 2.05) is 6.92 Å². The molecule has 0 saturated carbocycles. The molecular weight excluding hydrogens is 388 g/mol. The van der Waals surface area contributed by atoms with E-state index in [1.54, 1.807) is 43.3 Å². The van der Waals surface area contributed by atoms with Crippen LogP contribution in [0.1, 0.15) is 12.5 Å². The molecule has 1 atom stereocenters. The molecule has 2 rings (SSSR count). The number of methoxy groups -OCH3 is 1. The Morgan fingerprint density at radius 3 is 2.41 bits per heavy atom. The Kier molecular flexibility index (Phi) is 7.24. The standard InChI is InChI=1S/C19H23ClN2O4S/c1-14-8-10-16(11-9-14)27(24,25)22(18-7-5-4-6-17(18)20)12-19(23)21-15(2)13-26-3/h4-11,15H,12-13H2,1-3H3,(H,21,23)/t15-/m0/s1. The highest BCUT2D eigenvalue weighted by Crippen LogP contribution is 2.30. The van der Waals surface area contributed by atoms with E-state index in [2.05, 4.69) is 5.32 Å². The van der Waals surface area contributed by atoms with Crippen molar-refractivity contribution in [2.24, 2.45) is 0 Å². The van der Waals surface area contributed by atoms with E-state index in [9.17, 15) is 13.2 Å². The topological polar surface area (TPSA) is 75.7 Å². The van der Waals surface area contributed by atoms with Gasteiger partial charge in [-0.2, -0.15) is 0 Å². The van der Waals surface area contributed by atoms with Crippen molar-refractivity contribution in [2.75, 3.05) is 24.6 Å². The molecule has 6 nitrogen and oxygen atoms in total. The molecule has 0 radical (unpaired) electrons. The quantitative estimate of drug-likeness (QED) is 0.725. The summed E-state index contributed by atoms with van der Waals surface area (Å²) in [5, 5.41) is 2.96. The lowest BCUT2D eigenvalue weighted by Crippen LogP contribution is -2.44. The first-order chi connectivity index (χ1) is 12.8. The number of rotatable bonds is 8. The maximum Gasteiger partial charge on any atom is 0.264 e. The molecule has 2 aromatic carbocycles. The van der Waals surface area contributed by atoms with Crippen molar-refractivity contribution in [2.45, 2.75) is 24.8 Å². The predicted octanol–water partition coefficient (Wildman–Crippen LogP) is 2.99. The van der Waals surface area contributed by atoms with Crippen molar-refractivity contribution in [3.63, 3.8) is 0 Å². The summed E-state index contributed by atoms with van der Waals surface area (Å²) in [5.41, 5.74) is 1.18. The number of halogens is 1. The summed E-state index contributed by atoms with van der Waals surface area (Å²) in [6.07, 6.45) is 0. The number of nitrogens with zero attached hydrogens (tertiary/aromatic N) is 1. The lowest BCUT2D eigenvalue weighted by molar-refractivity contribution is -0.120. The number of amides is 1. The van der Waals surface area contributed by atoms with Gasteiger partial charge in [0.2, 0.25) is 5.91 Å². The van der Waals surface area contributed by atoms with Crippen LogP contribution in [-0.2, 0) is 19.6 Å². The minimum Gasteiger partial charge on any atom is -0.383 e. The van der Waals surface area contributed by atoms with Gasteiger partial charge in [-0.15, -0.1) is 0 Å². The fourth-order valence-corrected chi connectivity index (χ4v) is 4.26. The second-order valence-electron chi connectivity index (χ2n) is 6.20. The van der Waals surface area contributed by atoms with Crippen LogP contribution in [0.5, 0.6) is 0 Å². The third-order valence-electron chi connectivity index (χ3n) is 3.84. The Morgan fingerprint density at radius 2 is 1.81 bits per heavy atom. The molecule has 0 unspecified atom stereocenters. The maximum absolute atomic E-state index is 13.2. The van der Waals surface area contributed by atoms with Gasteiger partial charge < -0.3 is 10.1 Å². The van der Waals surface area contributed by atoms with Crippen LogP contribution in [0, 0.1) is 6.92 Å². The van der Waals surface area contributed by atoms with Gasteiger partial charge in [0.15, 0.2) is 0 Å². The van der Waals surface area contributed by atoms with E-state index in [-0.39, 0.29) is 21.6 Å². The third kappa shape index (κ3) is 5.45. The second kappa shape index (κ2) is 9.21. The average Bonchev–Trinajstić information content (AvgIpc) is 2.61. The zero-order valence-corrected chi connectivity index (χ0v) is 17.0. The Labute approximate surface area is 165 Å². The van der Waals surface area contributed by atoms with E-state index >= 15 is 0 Å². The lowest BCUT2D eigenvalue weighted by atomic mass is 10.2.